The molecule has 2 aromatic rings. The molecule has 18 heavy (non-hydrogen) atoms. The monoisotopic (exact) mass is 249 g/mol. The Morgan fingerprint density at radius 3 is 2.50 bits per heavy atom. The van der Waals surface area contributed by atoms with Gasteiger partial charge in [-0.25, -0.2) is 0 Å². The molecule has 0 radical (unpaired) electrons. The first-order chi connectivity index (χ1) is 8.63. The maximum absolute atomic E-state index is 9.19. The number of fused-ring (bicyclic) bond motifs is 1. The van der Waals surface area contributed by atoms with E-state index in [1.54, 1.807) is 14.2 Å². The van der Waals surface area contributed by atoms with Crippen molar-refractivity contribution in [2.75, 3.05) is 20.8 Å². The van der Waals surface area contributed by atoms with Gasteiger partial charge in [-0.3, -0.25) is 0 Å². The number of benzene rings is 1. The average molecular weight is 249 g/mol. The Morgan fingerprint density at radius 1 is 1.22 bits per heavy atom. The summed E-state index contributed by atoms with van der Waals surface area (Å²) in [6.07, 6.45) is 0.638. The number of aryl methyl sites for hydroxylation is 1. The van der Waals surface area contributed by atoms with E-state index in [-0.39, 0.29) is 6.61 Å². The van der Waals surface area contributed by atoms with E-state index in [0.717, 1.165) is 33.7 Å². The Hall–Kier alpha value is -1.68. The third kappa shape index (κ3) is 1.82. The van der Waals surface area contributed by atoms with Crippen LogP contribution in [0.4, 0.5) is 0 Å². The lowest BCUT2D eigenvalue weighted by atomic mass is 10.1. The Bertz CT molecular complexity index is 572. The van der Waals surface area contributed by atoms with Crippen LogP contribution in [0.5, 0.6) is 11.5 Å². The molecule has 4 nitrogen and oxygen atoms in total. The van der Waals surface area contributed by atoms with Crippen LogP contribution in [0.15, 0.2) is 12.1 Å². The number of aliphatic hydroxyl groups excluding tert-OH is 1. The minimum Gasteiger partial charge on any atom is -0.497 e. The van der Waals surface area contributed by atoms with Crippen molar-refractivity contribution in [2.24, 2.45) is 7.05 Å². The quantitative estimate of drug-likeness (QED) is 0.901. The van der Waals surface area contributed by atoms with Gasteiger partial charge in [-0.15, -0.1) is 0 Å². The van der Waals surface area contributed by atoms with Crippen molar-refractivity contribution < 1.29 is 14.6 Å². The standard InChI is InChI=1S/C14H19NO3/c1-9-11(5-6-16)12-7-10(17-3)8-13(18-4)14(12)15(9)2/h7-8,16H,5-6H2,1-4H3. The molecule has 0 atom stereocenters. The van der Waals surface area contributed by atoms with Crippen molar-refractivity contribution >= 4 is 10.9 Å². The fourth-order valence-corrected chi connectivity index (χ4v) is 2.42. The predicted octanol–water partition coefficient (Wildman–Crippen LogP) is 2.04. The molecule has 1 heterocycles. The molecule has 1 aromatic heterocycles. The number of aliphatic hydroxyl groups is 1. The van der Waals surface area contributed by atoms with Crippen LogP contribution >= 0.6 is 0 Å². The normalized spacial score (nSPS) is 10.9. The van der Waals surface area contributed by atoms with Crippen LogP contribution in [-0.2, 0) is 13.5 Å². The Kier molecular flexibility index (Phi) is 3.48. The van der Waals surface area contributed by atoms with Gasteiger partial charge in [0.25, 0.3) is 0 Å². The van der Waals surface area contributed by atoms with Crippen molar-refractivity contribution in [3.05, 3.63) is 23.4 Å². The molecule has 4 heteroatoms. The lowest BCUT2D eigenvalue weighted by Crippen LogP contribution is -1.95. The highest BCUT2D eigenvalue weighted by atomic mass is 16.5. The molecule has 0 spiro atoms. The number of rotatable bonds is 4. The van der Waals surface area contributed by atoms with Crippen LogP contribution in [0.2, 0.25) is 0 Å². The van der Waals surface area contributed by atoms with E-state index in [1.165, 1.54) is 0 Å². The largest absolute Gasteiger partial charge is 0.497 e. The molecule has 0 fully saturated rings. The summed E-state index contributed by atoms with van der Waals surface area (Å²) in [5.41, 5.74) is 3.33. The second-order valence-corrected chi connectivity index (χ2v) is 4.32. The second kappa shape index (κ2) is 4.90. The van der Waals surface area contributed by atoms with Crippen molar-refractivity contribution in [2.45, 2.75) is 13.3 Å². The summed E-state index contributed by atoms with van der Waals surface area (Å²) in [6.45, 7) is 2.19. The molecule has 1 N–H and O–H groups in total. The molecule has 0 bridgehead atoms. The van der Waals surface area contributed by atoms with Crippen LogP contribution in [0.1, 0.15) is 11.3 Å². The molecule has 0 aliphatic heterocycles. The van der Waals surface area contributed by atoms with E-state index in [9.17, 15) is 5.11 Å². The number of hydrogen-bond donors (Lipinski definition) is 1. The third-order valence-electron chi connectivity index (χ3n) is 3.47. The molecular formula is C14H19NO3. The van der Waals surface area contributed by atoms with Gasteiger partial charge >= 0.3 is 0 Å². The Labute approximate surface area is 107 Å². The fourth-order valence-electron chi connectivity index (χ4n) is 2.42. The molecule has 98 valence electrons. The van der Waals surface area contributed by atoms with Gasteiger partial charge in [0.2, 0.25) is 0 Å². The number of methoxy groups -OCH3 is 2. The van der Waals surface area contributed by atoms with E-state index in [2.05, 4.69) is 11.5 Å². The fraction of sp³-hybridized carbons (Fsp3) is 0.429. The van der Waals surface area contributed by atoms with Crippen molar-refractivity contribution in [3.63, 3.8) is 0 Å². The van der Waals surface area contributed by atoms with Gasteiger partial charge in [-0.2, -0.15) is 0 Å². The number of ether oxygens (including phenoxy) is 2. The summed E-state index contributed by atoms with van der Waals surface area (Å²) in [6, 6.07) is 3.88. The number of hydrogen-bond acceptors (Lipinski definition) is 3. The zero-order valence-corrected chi connectivity index (χ0v) is 11.3. The lowest BCUT2D eigenvalue weighted by Gasteiger charge is -2.08. The summed E-state index contributed by atoms with van der Waals surface area (Å²) in [4.78, 5) is 0. The molecule has 0 saturated heterocycles. The number of nitrogens with zero attached hydrogens (tertiary/aromatic N) is 1. The van der Waals surface area contributed by atoms with Gasteiger partial charge in [0.05, 0.1) is 19.7 Å². The summed E-state index contributed by atoms with van der Waals surface area (Å²) in [5.74, 6) is 1.56. The maximum atomic E-state index is 9.19. The predicted molar refractivity (Wildman–Crippen MR) is 71.5 cm³/mol. The maximum Gasteiger partial charge on any atom is 0.146 e. The van der Waals surface area contributed by atoms with Crippen molar-refractivity contribution in [1.29, 1.82) is 0 Å². The zero-order valence-electron chi connectivity index (χ0n) is 11.3. The van der Waals surface area contributed by atoms with E-state index >= 15 is 0 Å². The minimum absolute atomic E-state index is 0.138. The van der Waals surface area contributed by atoms with Crippen LogP contribution in [-0.4, -0.2) is 30.5 Å². The summed E-state index contributed by atoms with van der Waals surface area (Å²) >= 11 is 0. The minimum atomic E-state index is 0.138. The van der Waals surface area contributed by atoms with E-state index in [4.69, 9.17) is 9.47 Å². The summed E-state index contributed by atoms with van der Waals surface area (Å²) < 4.78 is 12.8. The second-order valence-electron chi connectivity index (χ2n) is 4.32. The topological polar surface area (TPSA) is 43.6 Å². The molecule has 0 aliphatic carbocycles. The van der Waals surface area contributed by atoms with Crippen molar-refractivity contribution in [1.82, 2.24) is 4.57 Å². The highest BCUT2D eigenvalue weighted by molar-refractivity contribution is 5.91. The highest BCUT2D eigenvalue weighted by Gasteiger charge is 2.16. The molecular weight excluding hydrogens is 230 g/mol. The molecule has 0 saturated carbocycles. The molecule has 1 aromatic carbocycles. The van der Waals surface area contributed by atoms with Crippen LogP contribution in [0.3, 0.4) is 0 Å². The molecule has 0 aliphatic rings. The average Bonchev–Trinajstić information content (AvgIpc) is 2.63. The smallest absolute Gasteiger partial charge is 0.146 e. The van der Waals surface area contributed by atoms with Gasteiger partial charge in [0, 0.05) is 30.8 Å². The SMILES string of the molecule is COc1cc(OC)c2c(c1)c(CCO)c(C)n2C. The molecule has 2 rings (SSSR count). The van der Waals surface area contributed by atoms with Crippen LogP contribution < -0.4 is 9.47 Å². The van der Waals surface area contributed by atoms with E-state index in [0.29, 0.717) is 6.42 Å². The van der Waals surface area contributed by atoms with Gasteiger partial charge in [0.15, 0.2) is 0 Å². The Morgan fingerprint density at radius 2 is 1.94 bits per heavy atom. The first-order valence-corrected chi connectivity index (χ1v) is 5.94. The van der Waals surface area contributed by atoms with Gasteiger partial charge in [0.1, 0.15) is 11.5 Å². The lowest BCUT2D eigenvalue weighted by molar-refractivity contribution is 0.299. The molecule has 0 unspecified atom stereocenters. The Balaban J connectivity index is 2.81. The van der Waals surface area contributed by atoms with Gasteiger partial charge in [-0.1, -0.05) is 0 Å². The highest BCUT2D eigenvalue weighted by Crippen LogP contribution is 2.36. The van der Waals surface area contributed by atoms with Gasteiger partial charge < -0.3 is 19.1 Å². The first-order valence-electron chi connectivity index (χ1n) is 5.94. The summed E-state index contributed by atoms with van der Waals surface area (Å²) in [7, 11) is 5.30. The summed E-state index contributed by atoms with van der Waals surface area (Å²) in [5, 5.41) is 10.3. The van der Waals surface area contributed by atoms with E-state index < -0.39 is 0 Å². The van der Waals surface area contributed by atoms with Crippen LogP contribution in [0.25, 0.3) is 10.9 Å². The number of aromatic nitrogens is 1. The third-order valence-corrected chi connectivity index (χ3v) is 3.47. The zero-order chi connectivity index (χ0) is 13.3. The first kappa shape index (κ1) is 12.8. The van der Waals surface area contributed by atoms with Gasteiger partial charge in [-0.05, 0) is 25.0 Å². The molecule has 0 amide bonds. The van der Waals surface area contributed by atoms with E-state index in [1.807, 2.05) is 19.2 Å². The van der Waals surface area contributed by atoms with Crippen molar-refractivity contribution in [3.8, 4) is 11.5 Å². The van der Waals surface area contributed by atoms with Crippen LogP contribution in [0, 0.1) is 6.92 Å².